The number of carbonyl (C=O) groups is 1. The average Bonchev–Trinajstić information content (AvgIpc) is 2.71. The number of carboxylic acid groups (broad SMARTS) is 1. The van der Waals surface area contributed by atoms with Crippen LogP contribution >= 0.6 is 0 Å². The average molecular weight is 299 g/mol. The van der Waals surface area contributed by atoms with Gasteiger partial charge in [-0.15, -0.1) is 0 Å². The van der Waals surface area contributed by atoms with Gasteiger partial charge in [0.15, 0.2) is 0 Å². The Hall–Kier alpha value is -1.44. The summed E-state index contributed by atoms with van der Waals surface area (Å²) in [6.45, 7) is 3.37. The molecule has 0 saturated carbocycles. The highest BCUT2D eigenvalue weighted by Crippen LogP contribution is 2.27. The number of sulfonamides is 1. The van der Waals surface area contributed by atoms with Gasteiger partial charge in [-0.25, -0.2) is 8.42 Å². The number of hydrogen-bond donors (Lipinski definition) is 2. The van der Waals surface area contributed by atoms with Crippen molar-refractivity contribution in [2.75, 3.05) is 6.54 Å². The minimum absolute atomic E-state index is 0.0651. The number of nitrogens with zero attached hydrogens (tertiary/aromatic N) is 1. The maximum atomic E-state index is 12.6. The molecule has 2 unspecified atom stereocenters. The van der Waals surface area contributed by atoms with Crippen molar-refractivity contribution in [3.8, 4) is 0 Å². The Balaban J connectivity index is 2.46. The van der Waals surface area contributed by atoms with Gasteiger partial charge in [0.1, 0.15) is 6.04 Å². The zero-order valence-electron chi connectivity index (χ0n) is 11.3. The molecule has 1 saturated heterocycles. The van der Waals surface area contributed by atoms with E-state index in [0.29, 0.717) is 0 Å². The number of aliphatic hydroxyl groups excluding tert-OH is 1. The topological polar surface area (TPSA) is 94.9 Å². The summed E-state index contributed by atoms with van der Waals surface area (Å²) in [7, 11) is -3.92. The smallest absolute Gasteiger partial charge is 0.322 e. The second-order valence-electron chi connectivity index (χ2n) is 5.14. The van der Waals surface area contributed by atoms with Crippen molar-refractivity contribution >= 4 is 16.0 Å². The molecule has 0 radical (unpaired) electrons. The van der Waals surface area contributed by atoms with Crippen molar-refractivity contribution in [2.45, 2.75) is 37.3 Å². The van der Waals surface area contributed by atoms with E-state index < -0.39 is 28.1 Å². The number of benzene rings is 1. The molecule has 1 fully saturated rings. The molecule has 0 aromatic heterocycles. The molecule has 110 valence electrons. The van der Waals surface area contributed by atoms with Crippen LogP contribution in [-0.2, 0) is 14.8 Å². The minimum atomic E-state index is -3.92. The second-order valence-corrected chi connectivity index (χ2v) is 7.03. The SMILES string of the molecule is Cc1cc(C)cc(S(=O)(=O)N2CC(O)CC2C(=O)O)c1. The standard InChI is InChI=1S/C13H17NO5S/c1-8-3-9(2)5-11(4-8)20(18,19)14-7-10(15)6-12(14)13(16)17/h3-5,10,12,15H,6-7H2,1-2H3,(H,16,17). The quantitative estimate of drug-likeness (QED) is 0.848. The molecule has 0 aliphatic carbocycles. The van der Waals surface area contributed by atoms with E-state index in [1.807, 2.05) is 6.07 Å². The van der Waals surface area contributed by atoms with Crippen LogP contribution in [-0.4, -0.2) is 47.6 Å². The first-order chi connectivity index (χ1) is 9.21. The Morgan fingerprint density at radius 2 is 1.80 bits per heavy atom. The van der Waals surface area contributed by atoms with E-state index in [4.69, 9.17) is 5.11 Å². The molecule has 2 atom stereocenters. The lowest BCUT2D eigenvalue weighted by molar-refractivity contribution is -0.140. The van der Waals surface area contributed by atoms with E-state index in [-0.39, 0.29) is 17.9 Å². The first-order valence-electron chi connectivity index (χ1n) is 6.23. The largest absolute Gasteiger partial charge is 0.480 e. The maximum absolute atomic E-state index is 12.6. The second kappa shape index (κ2) is 5.16. The van der Waals surface area contributed by atoms with Gasteiger partial charge in [-0.05, 0) is 37.1 Å². The van der Waals surface area contributed by atoms with E-state index in [0.717, 1.165) is 15.4 Å². The van der Waals surface area contributed by atoms with E-state index in [1.54, 1.807) is 13.8 Å². The van der Waals surface area contributed by atoms with Gasteiger partial charge >= 0.3 is 5.97 Å². The van der Waals surface area contributed by atoms with Crippen LogP contribution in [0.5, 0.6) is 0 Å². The number of aliphatic hydroxyl groups is 1. The third kappa shape index (κ3) is 2.70. The van der Waals surface area contributed by atoms with Crippen molar-refractivity contribution in [3.63, 3.8) is 0 Å². The molecule has 1 aliphatic rings. The molecule has 0 bridgehead atoms. The number of carboxylic acids is 1. The molecule has 6 nitrogen and oxygen atoms in total. The van der Waals surface area contributed by atoms with Gasteiger partial charge in [0.25, 0.3) is 0 Å². The molecule has 20 heavy (non-hydrogen) atoms. The third-order valence-electron chi connectivity index (χ3n) is 3.32. The molecule has 1 aliphatic heterocycles. The summed E-state index contributed by atoms with van der Waals surface area (Å²) in [4.78, 5) is 11.2. The summed E-state index contributed by atoms with van der Waals surface area (Å²) in [6.07, 6.45) is -1.03. The fraction of sp³-hybridized carbons (Fsp3) is 0.462. The number of hydrogen-bond acceptors (Lipinski definition) is 4. The number of β-amino-alcohol motifs (C(OH)–C–C–N with tert-alkyl or cyclic N) is 1. The Morgan fingerprint density at radius 1 is 1.25 bits per heavy atom. The van der Waals surface area contributed by atoms with Crippen LogP contribution in [0.3, 0.4) is 0 Å². The Bertz CT molecular complexity index is 620. The lowest BCUT2D eigenvalue weighted by Crippen LogP contribution is -2.40. The van der Waals surface area contributed by atoms with Gasteiger partial charge in [-0.1, -0.05) is 6.07 Å². The van der Waals surface area contributed by atoms with Crippen LogP contribution in [0.4, 0.5) is 0 Å². The summed E-state index contributed by atoms with van der Waals surface area (Å²) in [5, 5.41) is 18.7. The predicted octanol–water partition coefficient (Wildman–Crippen LogP) is 0.512. The summed E-state index contributed by atoms with van der Waals surface area (Å²) >= 11 is 0. The van der Waals surface area contributed by atoms with Crippen molar-refractivity contribution in [1.82, 2.24) is 4.31 Å². The number of rotatable bonds is 3. The summed E-state index contributed by atoms with van der Waals surface area (Å²) in [5.41, 5.74) is 1.57. The molecule has 2 rings (SSSR count). The lowest BCUT2D eigenvalue weighted by atomic mass is 10.2. The monoisotopic (exact) mass is 299 g/mol. The highest BCUT2D eigenvalue weighted by molar-refractivity contribution is 7.89. The van der Waals surface area contributed by atoms with Crippen LogP contribution in [0.15, 0.2) is 23.1 Å². The molecule has 7 heteroatoms. The van der Waals surface area contributed by atoms with Crippen LogP contribution < -0.4 is 0 Å². The van der Waals surface area contributed by atoms with Gasteiger partial charge in [-0.2, -0.15) is 4.31 Å². The molecule has 1 aromatic rings. The number of aryl methyl sites for hydroxylation is 2. The third-order valence-corrected chi connectivity index (χ3v) is 5.17. The molecule has 2 N–H and O–H groups in total. The van der Waals surface area contributed by atoms with Crippen LogP contribution in [0.1, 0.15) is 17.5 Å². The van der Waals surface area contributed by atoms with Crippen molar-refractivity contribution in [3.05, 3.63) is 29.3 Å². The molecule has 1 heterocycles. The molecule has 0 spiro atoms. The number of aliphatic carboxylic acids is 1. The van der Waals surface area contributed by atoms with E-state index in [1.165, 1.54) is 12.1 Å². The van der Waals surface area contributed by atoms with Crippen LogP contribution in [0.2, 0.25) is 0 Å². The first kappa shape index (κ1) is 15.0. The summed E-state index contributed by atoms with van der Waals surface area (Å²) in [5.74, 6) is -1.24. The zero-order valence-corrected chi connectivity index (χ0v) is 12.1. The lowest BCUT2D eigenvalue weighted by Gasteiger charge is -2.21. The fourth-order valence-corrected chi connectivity index (χ4v) is 4.31. The highest BCUT2D eigenvalue weighted by Gasteiger charge is 2.43. The van der Waals surface area contributed by atoms with Crippen molar-refractivity contribution in [2.24, 2.45) is 0 Å². The van der Waals surface area contributed by atoms with Crippen LogP contribution in [0.25, 0.3) is 0 Å². The van der Waals surface area contributed by atoms with Gasteiger partial charge < -0.3 is 10.2 Å². The van der Waals surface area contributed by atoms with E-state index in [2.05, 4.69) is 0 Å². The van der Waals surface area contributed by atoms with Gasteiger partial charge in [-0.3, -0.25) is 4.79 Å². The van der Waals surface area contributed by atoms with E-state index >= 15 is 0 Å². The molecule has 1 aromatic carbocycles. The Labute approximate surface area is 117 Å². The molecular weight excluding hydrogens is 282 g/mol. The molecular formula is C13H17NO5S. The molecule has 0 amide bonds. The Kier molecular flexibility index (Phi) is 3.86. The maximum Gasteiger partial charge on any atom is 0.322 e. The van der Waals surface area contributed by atoms with Crippen molar-refractivity contribution in [1.29, 1.82) is 0 Å². The van der Waals surface area contributed by atoms with E-state index in [9.17, 15) is 18.3 Å². The summed E-state index contributed by atoms with van der Waals surface area (Å²) in [6, 6.07) is 3.64. The van der Waals surface area contributed by atoms with Gasteiger partial charge in [0, 0.05) is 13.0 Å². The minimum Gasteiger partial charge on any atom is -0.480 e. The zero-order chi connectivity index (χ0) is 15.1. The first-order valence-corrected chi connectivity index (χ1v) is 7.67. The van der Waals surface area contributed by atoms with Gasteiger partial charge in [0.05, 0.1) is 11.0 Å². The van der Waals surface area contributed by atoms with Crippen LogP contribution in [0, 0.1) is 13.8 Å². The normalized spacial score (nSPS) is 23.9. The van der Waals surface area contributed by atoms with Crippen molar-refractivity contribution < 1.29 is 23.4 Å². The summed E-state index contributed by atoms with van der Waals surface area (Å²) < 4.78 is 26.0. The van der Waals surface area contributed by atoms with Gasteiger partial charge in [0.2, 0.25) is 10.0 Å². The Morgan fingerprint density at radius 3 is 2.30 bits per heavy atom. The fourth-order valence-electron chi connectivity index (χ4n) is 2.49. The highest BCUT2D eigenvalue weighted by atomic mass is 32.2. The predicted molar refractivity (Wildman–Crippen MR) is 71.9 cm³/mol.